The summed E-state index contributed by atoms with van der Waals surface area (Å²) >= 11 is 38.4. The number of aliphatic hydroxyl groups is 4. The molecule has 0 spiro atoms. The number of nitrogens with one attached hydrogen (secondary N) is 3. The number of nitrogens with zero attached hydrogens (tertiary/aromatic N) is 3. The molecule has 3 aliphatic rings. The molecule has 0 aromatic heterocycles. The Morgan fingerprint density at radius 1 is 0.415 bits per heavy atom. The van der Waals surface area contributed by atoms with Gasteiger partial charge in [0.05, 0.1) is 126 Å². The fourth-order valence-corrected chi connectivity index (χ4v) is 18.6. The Balaban J connectivity index is 0.000000378. The van der Waals surface area contributed by atoms with Crippen LogP contribution >= 0.6 is 69.6 Å². The SMILES string of the molecule is CN1Cc2c(Cl)cc(Cl)cc2[C@H](c2cccc(S(=O)(=O)CCCOCCOCCOCCCC(=O)[C@@H](O)[C@H](O)C(=O)NCCOCCOCCOCCNS(=O)(=O)c3cccc([C@@H]4CN(C)Cc5c(Cl)cc(Cl)cc54)c3)c2)C1.CN1Cc2c(Cl)cc(Cl)cc2[C@H](c2cccc(S(=O)(=O)NCCOCCOCCOCCN)c2)C1.O=C(O)[C@@H](O)[C@H](O)C(=O)O. The molecule has 682 valence electrons. The van der Waals surface area contributed by atoms with Crippen molar-refractivity contribution in [3.8, 4) is 0 Å². The zero-order chi connectivity index (χ0) is 89.8. The van der Waals surface area contributed by atoms with Gasteiger partial charge >= 0.3 is 11.9 Å². The number of carboxylic acids is 2. The average Bonchev–Trinajstić information content (AvgIpc) is 0.781. The van der Waals surface area contributed by atoms with Crippen LogP contribution in [0.1, 0.15) is 87.1 Å². The normalized spacial score (nSPS) is 16.7. The van der Waals surface area contributed by atoms with Crippen LogP contribution in [-0.4, -0.2) is 310 Å². The number of fused-ring (bicyclic) bond motifs is 3. The summed E-state index contributed by atoms with van der Waals surface area (Å²) in [6.45, 7) is 9.89. The Morgan fingerprint density at radius 3 is 1.09 bits per heavy atom. The molecule has 9 rings (SSSR count). The monoisotopic (exact) mass is 1900 g/mol. The van der Waals surface area contributed by atoms with Gasteiger partial charge in [-0.05, 0) is 157 Å². The number of hydrogen-bond acceptors (Lipinski definition) is 27. The highest BCUT2D eigenvalue weighted by Gasteiger charge is 2.34. The van der Waals surface area contributed by atoms with E-state index in [2.05, 4.69) is 29.5 Å². The van der Waals surface area contributed by atoms with Crippen molar-refractivity contribution in [3.05, 3.63) is 189 Å². The lowest BCUT2D eigenvalue weighted by Crippen LogP contribution is -2.46. The third-order valence-electron chi connectivity index (χ3n) is 19.5. The molecule has 0 bridgehead atoms. The number of carbonyl (C=O) groups excluding carboxylic acids is 2. The maximum Gasteiger partial charge on any atom is 0.335 e. The molecule has 3 heterocycles. The summed E-state index contributed by atoms with van der Waals surface area (Å²) in [5.41, 5.74) is 13.9. The van der Waals surface area contributed by atoms with E-state index in [1.807, 2.05) is 57.5 Å². The van der Waals surface area contributed by atoms with Crippen LogP contribution in [0.3, 0.4) is 0 Å². The number of ether oxygens (including phenoxy) is 9. The Labute approximate surface area is 747 Å². The van der Waals surface area contributed by atoms with Crippen molar-refractivity contribution in [3.63, 3.8) is 0 Å². The fourth-order valence-electron chi connectivity index (χ4n) is 13.4. The molecular weight excluding hydrogens is 1790 g/mol. The van der Waals surface area contributed by atoms with Crippen LogP contribution in [0.15, 0.2) is 124 Å². The first-order chi connectivity index (χ1) is 58.6. The van der Waals surface area contributed by atoms with Crippen LogP contribution in [-0.2, 0) is 111 Å². The van der Waals surface area contributed by atoms with Gasteiger partial charge in [0, 0.05) is 133 Å². The van der Waals surface area contributed by atoms with Crippen LogP contribution in [0.4, 0.5) is 0 Å². The van der Waals surface area contributed by atoms with Crippen molar-refractivity contribution >= 4 is 123 Å². The van der Waals surface area contributed by atoms with Gasteiger partial charge in [-0.3, -0.25) is 9.59 Å². The Bertz CT molecular complexity index is 4540. The van der Waals surface area contributed by atoms with Gasteiger partial charge in [0.1, 0.15) is 6.10 Å². The first-order valence-corrected chi connectivity index (χ1v) is 46.4. The molecule has 3 aliphatic heterocycles. The number of Topliss-reactive ketones (excluding diaryl/α,β-unsaturated/α-hetero) is 1. The predicted octanol–water partition coefficient (Wildman–Crippen LogP) is 6.62. The first-order valence-electron chi connectivity index (χ1n) is 39.5. The van der Waals surface area contributed by atoms with Crippen LogP contribution in [0, 0.1) is 0 Å². The summed E-state index contributed by atoms with van der Waals surface area (Å²) in [5, 5.41) is 58.8. The molecule has 0 fully saturated rings. The second-order valence-corrected chi connectivity index (χ2v) is 37.1. The van der Waals surface area contributed by atoms with Crippen LogP contribution in [0.2, 0.25) is 30.1 Å². The number of likely N-dealkylation sites (N-methyl/N-ethyl adjacent to an activating group) is 3. The van der Waals surface area contributed by atoms with Crippen LogP contribution in [0.5, 0.6) is 0 Å². The van der Waals surface area contributed by atoms with E-state index in [1.165, 1.54) is 0 Å². The molecule has 6 aromatic rings. The predicted molar refractivity (Wildman–Crippen MR) is 463 cm³/mol. The highest BCUT2D eigenvalue weighted by molar-refractivity contribution is 7.91. The molecule has 123 heavy (non-hydrogen) atoms. The van der Waals surface area contributed by atoms with E-state index in [1.54, 1.807) is 72.8 Å². The van der Waals surface area contributed by atoms with E-state index in [4.69, 9.17) is 138 Å². The van der Waals surface area contributed by atoms with E-state index >= 15 is 0 Å². The quantitative estimate of drug-likeness (QED) is 0.0179. The van der Waals surface area contributed by atoms with Gasteiger partial charge in [-0.25, -0.2) is 44.3 Å². The smallest absolute Gasteiger partial charge is 0.335 e. The molecule has 32 nitrogen and oxygen atoms in total. The number of sulfone groups is 1. The lowest BCUT2D eigenvalue weighted by atomic mass is 9.85. The number of sulfonamides is 2. The summed E-state index contributed by atoms with van der Waals surface area (Å²) in [6, 6.07) is 31.8. The van der Waals surface area contributed by atoms with Gasteiger partial charge in [0.25, 0.3) is 5.91 Å². The third kappa shape index (κ3) is 34.3. The summed E-state index contributed by atoms with van der Waals surface area (Å²) in [5.74, 6) is -5.48. The molecule has 41 heteroatoms. The number of aliphatic hydroxyl groups excluding tert-OH is 4. The zero-order valence-electron chi connectivity index (χ0n) is 68.4. The summed E-state index contributed by atoms with van der Waals surface area (Å²) in [4.78, 5) is 51.3. The molecule has 0 saturated heterocycles. The molecular formula is C82H109Cl6N7O25S3. The standard InChI is InChI=1S/C54H70Cl4N4O14S2.C24H33Cl2N3O5S.C4H6O6/c1-61-33-45(43-29-39(55)31-49(57)47(43)35-61)37-7-3-9-41(27-37)77(67,68)26-6-15-72-19-23-75-22-18-71-14-5-11-51(63)52(64)53(65)54(66)59-12-16-73-20-24-76-25-21-74-17-13-60-78(69,70)42-10-4-8-38(28-42)46-34-62(2)36-48-44(46)30-40(56)32-50(48)58;1-29-16-22(21-14-19(25)15-24(26)23(21)17-29)18-3-2-4-20(13-18)35(30,31)28-6-8-33-10-12-34-11-9-32-7-5-27;5-1(3(7)8)2(6)4(9)10/h3-4,7-10,27-32,45-46,52-53,60,64-65H,5-6,11-26,33-36H2,1-2H3,(H,59,66);2-4,13-15,22,28H,5-12,16-17,27H2,1H3;1-2,5-6H,(H,7,8)(H,9,10)/t45-,46-,52+,53-;22-;1-,2-/m000/s1. The Morgan fingerprint density at radius 2 is 0.732 bits per heavy atom. The minimum absolute atomic E-state index is 0.0151. The number of carboxylic acid groups (broad SMARTS) is 2. The summed E-state index contributed by atoms with van der Waals surface area (Å²) in [7, 11) is -5.07. The van der Waals surface area contributed by atoms with Gasteiger partial charge < -0.3 is 99.0 Å². The van der Waals surface area contributed by atoms with Crippen molar-refractivity contribution in [1.82, 2.24) is 29.5 Å². The van der Waals surface area contributed by atoms with E-state index in [-0.39, 0.29) is 157 Å². The number of halogens is 6. The number of carbonyl (C=O) groups is 4. The number of aliphatic carboxylic acids is 2. The van der Waals surface area contributed by atoms with Crippen molar-refractivity contribution in [2.45, 2.75) is 95.8 Å². The number of ketones is 1. The van der Waals surface area contributed by atoms with Gasteiger partial charge in [-0.2, -0.15) is 0 Å². The second kappa shape index (κ2) is 53.3. The minimum Gasteiger partial charge on any atom is -0.479 e. The topological polar surface area (TPSA) is 447 Å². The van der Waals surface area contributed by atoms with Gasteiger partial charge in [-0.1, -0.05) is 106 Å². The molecule has 7 atom stereocenters. The molecule has 1 amide bonds. The Hall–Kier alpha value is -5.77. The van der Waals surface area contributed by atoms with E-state index in [9.17, 15) is 54.6 Å². The highest BCUT2D eigenvalue weighted by atomic mass is 35.5. The maximum atomic E-state index is 13.3. The highest BCUT2D eigenvalue weighted by Crippen LogP contribution is 2.42. The fraction of sp³-hybridized carbons (Fsp3) is 0.512. The average molecular weight is 1900 g/mol. The van der Waals surface area contributed by atoms with E-state index in [0.717, 1.165) is 56.6 Å². The van der Waals surface area contributed by atoms with Crippen LogP contribution in [0.25, 0.3) is 0 Å². The van der Waals surface area contributed by atoms with Crippen LogP contribution < -0.4 is 20.5 Å². The molecule has 6 aromatic carbocycles. The van der Waals surface area contributed by atoms with Crippen molar-refractivity contribution in [2.24, 2.45) is 5.73 Å². The second-order valence-electron chi connectivity index (χ2n) is 28.9. The van der Waals surface area contributed by atoms with Crippen molar-refractivity contribution < 1.29 is 118 Å². The number of amides is 1. The molecule has 0 aliphatic carbocycles. The van der Waals surface area contributed by atoms with Crippen molar-refractivity contribution in [2.75, 3.05) is 192 Å². The molecule has 0 unspecified atom stereocenters. The molecule has 11 N–H and O–H groups in total. The van der Waals surface area contributed by atoms with Crippen molar-refractivity contribution in [1.29, 1.82) is 0 Å². The van der Waals surface area contributed by atoms with E-state index in [0.29, 0.717) is 109 Å². The minimum atomic E-state index is -3.82. The van der Waals surface area contributed by atoms with E-state index < -0.39 is 77.9 Å². The number of benzene rings is 6. The maximum absolute atomic E-state index is 13.3. The Kier molecular flexibility index (Phi) is 45.2. The summed E-state index contributed by atoms with van der Waals surface area (Å²) < 4.78 is 133. The molecule has 0 radical (unpaired) electrons. The van der Waals surface area contributed by atoms with Gasteiger partial charge in [-0.15, -0.1) is 0 Å². The largest absolute Gasteiger partial charge is 0.479 e. The molecule has 0 saturated carbocycles. The van der Waals surface area contributed by atoms with Gasteiger partial charge in [0.2, 0.25) is 20.0 Å². The third-order valence-corrected chi connectivity index (χ3v) is 25.9. The lowest BCUT2D eigenvalue weighted by molar-refractivity contribution is -0.165. The van der Waals surface area contributed by atoms with Gasteiger partial charge in [0.15, 0.2) is 33.9 Å². The number of rotatable bonds is 51. The zero-order valence-corrected chi connectivity index (χ0v) is 75.4. The summed E-state index contributed by atoms with van der Waals surface area (Å²) in [6.07, 6.45) is -7.96. The number of nitrogens with two attached hydrogens (primary N) is 1. The lowest BCUT2D eigenvalue weighted by Gasteiger charge is -2.33. The number of hydrogen-bond donors (Lipinski definition) is 10. The first kappa shape index (κ1) is 104.